The van der Waals surface area contributed by atoms with Gasteiger partial charge in [0, 0.05) is 137 Å². The number of nitrogens with two attached hydrogens (primary N) is 6. The van der Waals surface area contributed by atoms with E-state index < -0.39 is 16.1 Å². The molecule has 0 heterocycles. The molecule has 18 N–H and O–H groups in total. The van der Waals surface area contributed by atoms with Gasteiger partial charge in [0.05, 0.1) is 28.8 Å². The second-order valence-corrected chi connectivity index (χ2v) is 41.7. The maximum Gasteiger partial charge on any atom is 0.124 e. The van der Waals surface area contributed by atoms with Crippen molar-refractivity contribution in [2.24, 2.45) is 23.3 Å². The van der Waals surface area contributed by atoms with Crippen LogP contribution < -0.4 is 76.4 Å². The van der Waals surface area contributed by atoms with Crippen LogP contribution in [0.25, 0.3) is 136 Å². The Morgan fingerprint density at radius 2 is 0.568 bits per heavy atom. The highest BCUT2D eigenvalue weighted by molar-refractivity contribution is 7.74. The number of aliphatic hydroxyl groups excluding tert-OH is 1. The van der Waals surface area contributed by atoms with Crippen molar-refractivity contribution in [2.75, 3.05) is 64.4 Å². The van der Waals surface area contributed by atoms with E-state index in [0.29, 0.717) is 17.5 Å². The van der Waals surface area contributed by atoms with Crippen LogP contribution in [0, 0.1) is 11.8 Å². The Bertz CT molecular complexity index is 7900. The number of aromatic hydroxyl groups is 1. The van der Waals surface area contributed by atoms with Crippen LogP contribution in [0.2, 0.25) is 0 Å². The molecule has 0 aliphatic heterocycles. The van der Waals surface area contributed by atoms with E-state index >= 15 is 0 Å². The summed E-state index contributed by atoms with van der Waals surface area (Å²) in [6.45, 7) is 0.00398. The zero-order chi connectivity index (χ0) is 101. The van der Waals surface area contributed by atoms with Crippen LogP contribution in [0.1, 0.15) is 66.8 Å². The van der Waals surface area contributed by atoms with E-state index in [1.54, 1.807) is 6.07 Å². The Balaban J connectivity index is 0.000000114. The van der Waals surface area contributed by atoms with Gasteiger partial charge in [0.2, 0.25) is 0 Å². The van der Waals surface area contributed by atoms with Crippen LogP contribution in [-0.2, 0) is 12.8 Å². The fourth-order valence-electron chi connectivity index (χ4n) is 21.7. The van der Waals surface area contributed by atoms with Crippen molar-refractivity contribution in [3.05, 3.63) is 495 Å². The van der Waals surface area contributed by atoms with Crippen molar-refractivity contribution in [2.45, 2.75) is 57.4 Å². The average molecular weight is 1970 g/mol. The van der Waals surface area contributed by atoms with Crippen molar-refractivity contribution < 1.29 is 10.2 Å². The molecule has 14 heteroatoms. The summed E-state index contributed by atoms with van der Waals surface area (Å²) in [5, 5.41) is 58.0. The molecular formula is C134H122N10O2P2. The lowest BCUT2D eigenvalue weighted by molar-refractivity contribution is 0.268. The number of fused-ring (bicyclic) bond motifs is 10. The van der Waals surface area contributed by atoms with E-state index in [2.05, 4.69) is 354 Å². The summed E-state index contributed by atoms with van der Waals surface area (Å²) in [6.07, 6.45) is 14.6. The molecule has 3 aliphatic carbocycles. The second kappa shape index (κ2) is 46.1. The summed E-state index contributed by atoms with van der Waals surface area (Å²) in [7, 11) is 2.17. The molecule has 0 saturated heterocycles. The van der Waals surface area contributed by atoms with Crippen molar-refractivity contribution >= 4 is 175 Å². The van der Waals surface area contributed by atoms with Gasteiger partial charge >= 0.3 is 0 Å². The highest BCUT2D eigenvalue weighted by atomic mass is 31.1. The molecule has 3 atom stereocenters. The first-order valence-corrected chi connectivity index (χ1v) is 53.8. The first kappa shape index (κ1) is 98.6. The normalized spacial score (nSPS) is 13.7. The third kappa shape index (κ3) is 21.1. The van der Waals surface area contributed by atoms with Crippen molar-refractivity contribution in [1.82, 2.24) is 0 Å². The van der Waals surface area contributed by atoms with Gasteiger partial charge in [0.15, 0.2) is 0 Å². The molecule has 0 amide bonds. The molecule has 22 aromatic carbocycles. The zero-order valence-corrected chi connectivity index (χ0v) is 85.1. The molecule has 0 aromatic heterocycles. The van der Waals surface area contributed by atoms with Crippen molar-refractivity contribution in [3.63, 3.8) is 0 Å². The smallest absolute Gasteiger partial charge is 0.124 e. The molecule has 25 rings (SSSR count). The zero-order valence-electron chi connectivity index (χ0n) is 83.3. The summed E-state index contributed by atoms with van der Waals surface area (Å²) < 4.78 is 0. The molecule has 0 radical (unpaired) electrons. The fraction of sp³-hybridized carbons (Fsp3) is 0.104. The molecule has 3 aliphatic rings. The van der Waals surface area contributed by atoms with Crippen LogP contribution in [0.3, 0.4) is 0 Å². The van der Waals surface area contributed by atoms with E-state index in [9.17, 15) is 5.11 Å². The number of phenols is 1. The van der Waals surface area contributed by atoms with Crippen LogP contribution in [-0.4, -0.2) is 30.9 Å². The van der Waals surface area contributed by atoms with Gasteiger partial charge < -0.3 is 65.4 Å². The Labute approximate surface area is 869 Å². The highest BCUT2D eigenvalue weighted by Gasteiger charge is 2.35. The molecule has 0 bridgehead atoms. The van der Waals surface area contributed by atoms with Gasteiger partial charge in [-0.05, 0) is 219 Å². The summed E-state index contributed by atoms with van der Waals surface area (Å²) in [6, 6.07) is 158. The van der Waals surface area contributed by atoms with Gasteiger partial charge in [0.1, 0.15) is 5.75 Å². The maximum atomic E-state index is 10.5. The molecule has 730 valence electrons. The summed E-state index contributed by atoms with van der Waals surface area (Å²) in [4.78, 5) is 0. The molecule has 148 heavy (non-hydrogen) atoms. The van der Waals surface area contributed by atoms with Gasteiger partial charge in [-0.25, -0.2) is 0 Å². The number of hydrogen-bond donors (Lipinski definition) is 12. The van der Waals surface area contributed by atoms with Crippen LogP contribution in [0.4, 0.5) is 45.5 Å². The number of nitrogen functional groups attached to an aromatic ring is 4. The Morgan fingerprint density at radius 1 is 0.284 bits per heavy atom. The highest BCUT2D eigenvalue weighted by Crippen LogP contribution is 2.53. The van der Waals surface area contributed by atoms with Crippen LogP contribution in [0.5, 0.6) is 5.75 Å². The first-order valence-electron chi connectivity index (χ1n) is 51.1. The lowest BCUT2D eigenvalue weighted by atomic mass is 9.68. The quantitative estimate of drug-likeness (QED) is 0.0301. The molecule has 0 spiro atoms. The molecule has 1 fully saturated rings. The molecule has 22 aromatic rings. The monoisotopic (exact) mass is 1960 g/mol. The summed E-state index contributed by atoms with van der Waals surface area (Å²) >= 11 is 0. The lowest BCUT2D eigenvalue weighted by Gasteiger charge is -2.37. The van der Waals surface area contributed by atoms with Crippen molar-refractivity contribution in [3.8, 4) is 50.3 Å². The van der Waals surface area contributed by atoms with Crippen molar-refractivity contribution in [1.29, 1.82) is 0 Å². The second-order valence-electron chi connectivity index (χ2n) is 37.9. The largest absolute Gasteiger partial charge is 0.507 e. The third-order valence-electron chi connectivity index (χ3n) is 28.9. The van der Waals surface area contributed by atoms with E-state index in [1.165, 1.54) is 165 Å². The Morgan fingerprint density at radius 3 is 0.932 bits per heavy atom. The predicted octanol–water partition coefficient (Wildman–Crippen LogP) is 31.0. The topological polar surface area (TPSA) is 245 Å². The number of aliphatic hydroxyl groups is 1. The third-order valence-corrected chi connectivity index (χ3v) is 33.0. The number of phenolic OH excluding ortho intramolecular Hbond substituents is 1. The molecular weight excluding hydrogens is 1840 g/mol. The minimum atomic E-state index is -0.897. The van der Waals surface area contributed by atoms with E-state index in [0.717, 1.165) is 112 Å². The van der Waals surface area contributed by atoms with Gasteiger partial charge in [-0.3, -0.25) is 0 Å². The lowest BCUT2D eigenvalue weighted by Crippen LogP contribution is -2.26. The van der Waals surface area contributed by atoms with Gasteiger partial charge in [-0.15, -0.1) is 0 Å². The number of nitrogens with one attached hydrogen (secondary N) is 4. The van der Waals surface area contributed by atoms with Gasteiger partial charge in [-0.1, -0.05) is 419 Å². The van der Waals surface area contributed by atoms with Crippen LogP contribution >= 0.6 is 16.1 Å². The van der Waals surface area contributed by atoms with E-state index in [4.69, 9.17) is 39.5 Å². The molecule has 12 nitrogen and oxygen atoms in total. The number of anilines is 8. The number of allylic oxidation sites excluding steroid dienone is 3. The SMILES string of the molecule is CNc1ccc2ccccc2c1-c1c(NC)ccc2ccccc12.NC1=C(c2c(N)ccc3c2CCCC3)C2CCCCC2C=C1.N[C@@H](CO)c1ccccc1.Nc1ccc2ccccc2c1-c1c(N)ccc2ccccc12.Nc1ccc2ccccc2c1-c1c(O)ccc2ccccc12.c1ccc(P(Nc2ccc3ccccc3c2-c2c(NP(c3ccccc3)c3ccccc3)ccc3ccccc23)c2ccccc2)cc1. The Kier molecular flexibility index (Phi) is 30.7. The maximum absolute atomic E-state index is 10.5. The van der Waals surface area contributed by atoms with E-state index in [-0.39, 0.29) is 18.4 Å². The number of hydrogen-bond acceptors (Lipinski definition) is 12. The minimum absolute atomic E-state index is 0.00398. The number of aryl methyl sites for hydroxylation is 1. The van der Waals surface area contributed by atoms with E-state index in [1.807, 2.05) is 141 Å². The summed E-state index contributed by atoms with van der Waals surface area (Å²) in [5.74, 6) is 1.49. The number of benzene rings is 22. The van der Waals surface area contributed by atoms with Gasteiger partial charge in [0.25, 0.3) is 0 Å². The minimum Gasteiger partial charge on any atom is -0.507 e. The fourth-order valence-corrected chi connectivity index (χ4v) is 25.5. The Hall–Kier alpha value is -16.8. The molecule has 2 unspecified atom stereocenters. The summed E-state index contributed by atoms with van der Waals surface area (Å²) in [5.41, 5.74) is 61.2. The molecule has 1 saturated carbocycles. The van der Waals surface area contributed by atoms with Gasteiger partial charge in [-0.2, -0.15) is 0 Å². The average Bonchev–Trinajstić information content (AvgIpc) is 0.747. The first-order chi connectivity index (χ1) is 72.8. The predicted molar refractivity (Wildman–Crippen MR) is 641 cm³/mol. The van der Waals surface area contributed by atoms with Crippen LogP contribution in [0.15, 0.2) is 473 Å². The standard InChI is InChI=1S/C44H34N2P2.C22H20N2.C20H26N2.C20H16N2.C20H15NO.C8H11NO/c1-5-19-35(20-6-1)47(36-21-7-2-8-22-36)45-41-31-29-33-17-13-15-27-39(33)43(41)44-40-28-16-14-18-34(40)30-32-42(44)46-48(37-23-9-3-10-24-37)38-25-11-4-12-26-38;1-23-19-13-11-15-7-3-5-9-17(15)21(19)22-18-10-6-4-8-16(18)12-14-20(22)24-2;3*21-17-11-9-13-5-1-3-7-15(13)19(17)20-16-8-4-2-6-14(16)10-12-18(20)22;9-8(6-10)7-4-2-1-3-5-7/h1-32,45-46H;3-14,23-24H,1-2H3;9-13,15H,1-8,21-22H2;1-12H,21-22H2;1-12,22H,21H2;1-5,8,10H,6,9H2/t;;;;;8-/m.....0/s1. The number of rotatable bonds is 17.